The summed E-state index contributed by atoms with van der Waals surface area (Å²) in [5.41, 5.74) is 0.902. The quantitative estimate of drug-likeness (QED) is 0.546. The molecule has 10 nitrogen and oxygen atoms in total. The van der Waals surface area contributed by atoms with Crippen LogP contribution in [0.25, 0.3) is 0 Å². The first kappa shape index (κ1) is 23.3. The van der Waals surface area contributed by atoms with Crippen molar-refractivity contribution in [2.24, 2.45) is 0 Å². The summed E-state index contributed by atoms with van der Waals surface area (Å²) in [5.74, 6) is -1.30. The molecule has 2 aromatic rings. The largest absolute Gasteiger partial charge is 0.495 e. The predicted molar refractivity (Wildman–Crippen MR) is 118 cm³/mol. The van der Waals surface area contributed by atoms with Gasteiger partial charge >= 0.3 is 6.03 Å². The number of nitrogens with zero attached hydrogens (tertiary/aromatic N) is 2. The van der Waals surface area contributed by atoms with E-state index >= 15 is 0 Å². The maximum atomic E-state index is 12.9. The van der Waals surface area contributed by atoms with Crippen LogP contribution in [0.1, 0.15) is 23.6 Å². The van der Waals surface area contributed by atoms with Crippen LogP contribution in [0.4, 0.5) is 10.5 Å². The average molecular weight is 449 g/mol. The zero-order chi connectivity index (χ0) is 24.2. The maximum Gasteiger partial charge on any atom is 0.325 e. The molecule has 1 fully saturated rings. The van der Waals surface area contributed by atoms with Crippen LogP contribution in [-0.4, -0.2) is 48.9 Å². The van der Waals surface area contributed by atoms with Crippen LogP contribution in [0.15, 0.2) is 42.5 Å². The van der Waals surface area contributed by atoms with Gasteiger partial charge < -0.3 is 20.7 Å². The molecule has 2 aromatic carbocycles. The van der Waals surface area contributed by atoms with E-state index in [-0.39, 0.29) is 6.54 Å². The highest BCUT2D eigenvalue weighted by atomic mass is 16.5. The second-order valence-corrected chi connectivity index (χ2v) is 7.66. The van der Waals surface area contributed by atoms with Crippen molar-refractivity contribution < 1.29 is 23.9 Å². The topological polar surface area (TPSA) is 141 Å². The number of anilines is 1. The Morgan fingerprint density at radius 3 is 2.48 bits per heavy atom. The van der Waals surface area contributed by atoms with Gasteiger partial charge in [0.25, 0.3) is 5.91 Å². The van der Waals surface area contributed by atoms with Gasteiger partial charge in [-0.15, -0.1) is 0 Å². The predicted octanol–water partition coefficient (Wildman–Crippen LogP) is 1.40. The van der Waals surface area contributed by atoms with E-state index in [0.29, 0.717) is 22.6 Å². The van der Waals surface area contributed by atoms with E-state index in [9.17, 15) is 19.2 Å². The molecule has 1 atom stereocenters. The summed E-state index contributed by atoms with van der Waals surface area (Å²) < 4.78 is 5.20. The Hall–Kier alpha value is -4.39. The van der Waals surface area contributed by atoms with Gasteiger partial charge in [0.1, 0.15) is 17.8 Å². The number of nitrogens with one attached hydrogen (secondary N) is 3. The highest BCUT2D eigenvalue weighted by Crippen LogP contribution is 2.29. The third-order valence-electron chi connectivity index (χ3n) is 5.24. The zero-order valence-corrected chi connectivity index (χ0v) is 18.4. The minimum Gasteiger partial charge on any atom is -0.495 e. The summed E-state index contributed by atoms with van der Waals surface area (Å²) in [4.78, 5) is 50.7. The first-order valence-corrected chi connectivity index (χ1v) is 10.0. The van der Waals surface area contributed by atoms with Gasteiger partial charge in [-0.2, -0.15) is 5.26 Å². The molecule has 0 aromatic heterocycles. The Bertz CT molecular complexity index is 1150. The number of nitriles is 1. The van der Waals surface area contributed by atoms with Gasteiger partial charge in [0.2, 0.25) is 11.8 Å². The molecule has 33 heavy (non-hydrogen) atoms. The van der Waals surface area contributed by atoms with Crippen LogP contribution >= 0.6 is 0 Å². The minimum absolute atomic E-state index is 0.355. The van der Waals surface area contributed by atoms with Crippen molar-refractivity contribution in [3.63, 3.8) is 0 Å². The zero-order valence-electron chi connectivity index (χ0n) is 18.4. The van der Waals surface area contributed by atoms with Gasteiger partial charge in [0.05, 0.1) is 31.0 Å². The van der Waals surface area contributed by atoms with E-state index < -0.39 is 35.8 Å². The molecule has 0 aliphatic carbocycles. The third kappa shape index (κ3) is 4.93. The number of ether oxygens (including phenoxy) is 1. The van der Waals surface area contributed by atoms with Crippen molar-refractivity contribution in [3.05, 3.63) is 59.2 Å². The number of benzene rings is 2. The lowest BCUT2D eigenvalue weighted by Gasteiger charge is -2.22. The van der Waals surface area contributed by atoms with Crippen molar-refractivity contribution in [2.45, 2.75) is 19.4 Å². The number of methoxy groups -OCH3 is 1. The number of imide groups is 1. The highest BCUT2D eigenvalue weighted by Gasteiger charge is 2.49. The van der Waals surface area contributed by atoms with E-state index in [1.807, 2.05) is 19.1 Å². The SMILES string of the molecule is COc1ccc(C)cc1NC(=O)CNC(=O)CN1C(=O)NC(C)(c2ccc(C#N)cc2)C1=O. The summed E-state index contributed by atoms with van der Waals surface area (Å²) in [7, 11) is 1.48. The Labute approximate surface area is 190 Å². The van der Waals surface area contributed by atoms with Gasteiger partial charge in [-0.05, 0) is 49.2 Å². The molecule has 3 rings (SSSR count). The number of hydrogen-bond acceptors (Lipinski definition) is 6. The number of carbonyl (C=O) groups is 4. The molecule has 1 saturated heterocycles. The molecule has 3 N–H and O–H groups in total. The second kappa shape index (κ2) is 9.40. The molecule has 170 valence electrons. The van der Waals surface area contributed by atoms with Crippen molar-refractivity contribution in [3.8, 4) is 11.8 Å². The lowest BCUT2D eigenvalue weighted by molar-refractivity contribution is -0.135. The van der Waals surface area contributed by atoms with Crippen LogP contribution in [0.2, 0.25) is 0 Å². The fourth-order valence-electron chi connectivity index (χ4n) is 3.41. The van der Waals surface area contributed by atoms with Crippen molar-refractivity contribution in [1.29, 1.82) is 5.26 Å². The van der Waals surface area contributed by atoms with Gasteiger partial charge in [0.15, 0.2) is 0 Å². The van der Waals surface area contributed by atoms with Crippen LogP contribution in [0, 0.1) is 18.3 Å². The Morgan fingerprint density at radius 1 is 1.15 bits per heavy atom. The molecule has 0 saturated carbocycles. The molecule has 10 heteroatoms. The molecule has 0 spiro atoms. The fourth-order valence-corrected chi connectivity index (χ4v) is 3.41. The van der Waals surface area contributed by atoms with E-state index in [4.69, 9.17) is 10.00 Å². The minimum atomic E-state index is -1.37. The van der Waals surface area contributed by atoms with E-state index in [2.05, 4.69) is 16.0 Å². The smallest absolute Gasteiger partial charge is 0.325 e. The number of aryl methyl sites for hydroxylation is 1. The summed E-state index contributed by atoms with van der Waals surface area (Å²) in [6, 6.07) is 12.8. The number of amides is 5. The molecule has 1 heterocycles. The standard InChI is InChI=1S/C23H23N5O5/c1-14-4-9-18(33-3)17(10-14)26-19(29)12-25-20(30)13-28-21(31)23(2,27-22(28)32)16-7-5-15(11-24)6-8-16/h4-10H,12-13H2,1-3H3,(H,25,30)(H,26,29)(H,27,32). The van der Waals surface area contributed by atoms with E-state index in [1.54, 1.807) is 24.3 Å². The van der Waals surface area contributed by atoms with Crippen LogP contribution in [0.5, 0.6) is 5.75 Å². The maximum absolute atomic E-state index is 12.9. The number of urea groups is 1. The molecule has 0 bridgehead atoms. The molecule has 1 unspecified atom stereocenters. The molecule has 1 aliphatic rings. The second-order valence-electron chi connectivity index (χ2n) is 7.66. The van der Waals surface area contributed by atoms with Crippen LogP contribution in [-0.2, 0) is 19.9 Å². The summed E-state index contributed by atoms with van der Waals surface area (Å²) in [5, 5.41) is 16.6. The van der Waals surface area contributed by atoms with Crippen LogP contribution < -0.4 is 20.7 Å². The summed E-state index contributed by atoms with van der Waals surface area (Å²) in [6.07, 6.45) is 0. The Kier molecular flexibility index (Phi) is 6.63. The van der Waals surface area contributed by atoms with E-state index in [0.717, 1.165) is 10.5 Å². The van der Waals surface area contributed by atoms with Gasteiger partial charge in [-0.25, -0.2) is 4.79 Å². The lowest BCUT2D eigenvalue weighted by Crippen LogP contribution is -2.44. The highest BCUT2D eigenvalue weighted by molar-refractivity contribution is 6.09. The number of carbonyl (C=O) groups excluding carboxylic acids is 4. The molecule has 1 aliphatic heterocycles. The molecule has 0 radical (unpaired) electrons. The van der Waals surface area contributed by atoms with Crippen LogP contribution in [0.3, 0.4) is 0 Å². The number of hydrogen-bond donors (Lipinski definition) is 3. The normalized spacial score (nSPS) is 17.2. The molecule has 5 amide bonds. The fraction of sp³-hybridized carbons (Fsp3) is 0.261. The average Bonchev–Trinajstić information content (AvgIpc) is 3.01. The van der Waals surface area contributed by atoms with Gasteiger partial charge in [-0.1, -0.05) is 18.2 Å². The Morgan fingerprint density at radius 2 is 1.85 bits per heavy atom. The summed E-state index contributed by atoms with van der Waals surface area (Å²) >= 11 is 0. The summed E-state index contributed by atoms with van der Waals surface area (Å²) in [6.45, 7) is 2.49. The molecular weight excluding hydrogens is 426 g/mol. The first-order chi connectivity index (χ1) is 15.7. The van der Waals surface area contributed by atoms with Crippen molar-refractivity contribution in [1.82, 2.24) is 15.5 Å². The lowest BCUT2D eigenvalue weighted by atomic mass is 9.91. The molecular formula is C23H23N5O5. The monoisotopic (exact) mass is 449 g/mol. The Balaban J connectivity index is 1.59. The van der Waals surface area contributed by atoms with E-state index in [1.165, 1.54) is 26.2 Å². The van der Waals surface area contributed by atoms with Gasteiger partial charge in [0, 0.05) is 0 Å². The first-order valence-electron chi connectivity index (χ1n) is 10.0. The van der Waals surface area contributed by atoms with Crippen molar-refractivity contribution in [2.75, 3.05) is 25.5 Å². The van der Waals surface area contributed by atoms with Gasteiger partial charge in [-0.3, -0.25) is 19.3 Å². The third-order valence-corrected chi connectivity index (χ3v) is 5.24. The van der Waals surface area contributed by atoms with Crippen molar-refractivity contribution >= 4 is 29.4 Å². The number of rotatable bonds is 7.